The number of ether oxygens (including phenoxy) is 1. The molecule has 0 aliphatic heterocycles. The molecule has 0 amide bonds. The summed E-state index contributed by atoms with van der Waals surface area (Å²) < 4.78 is 7.20. The molecule has 80 valence electrons. The van der Waals surface area contributed by atoms with Crippen LogP contribution in [-0.4, -0.2) is 28.3 Å². The Bertz CT molecular complexity index is 450. The number of pyridine rings is 1. The lowest BCUT2D eigenvalue weighted by Gasteiger charge is -2.03. The van der Waals surface area contributed by atoms with E-state index in [0.717, 1.165) is 30.0 Å². The summed E-state index contributed by atoms with van der Waals surface area (Å²) in [5.74, 6) is 1.05. The van der Waals surface area contributed by atoms with Gasteiger partial charge in [-0.05, 0) is 19.1 Å². The molecule has 2 aromatic heterocycles. The lowest BCUT2D eigenvalue weighted by molar-refractivity contribution is 0.199. The number of hydrogen-bond acceptors (Lipinski definition) is 3. The van der Waals surface area contributed by atoms with Crippen LogP contribution in [-0.2, 0) is 17.7 Å². The standard InChI is InChI=1S/C11H15N3O/c1-3-14-10(6-8-15-2)13-9-5-4-7-12-11(9)14/h4-5,7H,3,6,8H2,1-2H3. The smallest absolute Gasteiger partial charge is 0.159 e. The fourth-order valence-corrected chi connectivity index (χ4v) is 1.72. The zero-order valence-corrected chi connectivity index (χ0v) is 9.10. The molecule has 0 fully saturated rings. The van der Waals surface area contributed by atoms with Crippen molar-refractivity contribution in [2.45, 2.75) is 19.9 Å². The van der Waals surface area contributed by atoms with Gasteiger partial charge in [-0.15, -0.1) is 0 Å². The van der Waals surface area contributed by atoms with Crippen LogP contribution < -0.4 is 0 Å². The lowest BCUT2D eigenvalue weighted by atomic mass is 10.4. The molecule has 2 rings (SSSR count). The largest absolute Gasteiger partial charge is 0.384 e. The van der Waals surface area contributed by atoms with Crippen molar-refractivity contribution in [3.63, 3.8) is 0 Å². The van der Waals surface area contributed by atoms with Gasteiger partial charge in [-0.2, -0.15) is 0 Å². The number of aryl methyl sites for hydroxylation is 1. The van der Waals surface area contributed by atoms with Crippen LogP contribution in [0.2, 0.25) is 0 Å². The second-order valence-corrected chi connectivity index (χ2v) is 3.36. The van der Waals surface area contributed by atoms with E-state index in [1.807, 2.05) is 12.1 Å². The first kappa shape index (κ1) is 10.1. The van der Waals surface area contributed by atoms with Crippen LogP contribution in [0.25, 0.3) is 11.2 Å². The maximum atomic E-state index is 5.07. The molecule has 0 aliphatic rings. The average Bonchev–Trinajstić information content (AvgIpc) is 2.63. The summed E-state index contributed by atoms with van der Waals surface area (Å²) >= 11 is 0. The first-order valence-corrected chi connectivity index (χ1v) is 5.16. The van der Waals surface area contributed by atoms with E-state index < -0.39 is 0 Å². The molecule has 2 aromatic rings. The van der Waals surface area contributed by atoms with Crippen LogP contribution in [0.1, 0.15) is 12.7 Å². The highest BCUT2D eigenvalue weighted by Gasteiger charge is 2.08. The molecule has 0 saturated heterocycles. The highest BCUT2D eigenvalue weighted by molar-refractivity contribution is 5.71. The van der Waals surface area contributed by atoms with Crippen molar-refractivity contribution in [2.24, 2.45) is 0 Å². The van der Waals surface area contributed by atoms with Crippen LogP contribution in [0.15, 0.2) is 18.3 Å². The van der Waals surface area contributed by atoms with Crippen molar-refractivity contribution in [3.8, 4) is 0 Å². The molecule has 0 radical (unpaired) electrons. The van der Waals surface area contributed by atoms with Crippen molar-refractivity contribution in [1.29, 1.82) is 0 Å². The van der Waals surface area contributed by atoms with E-state index in [1.165, 1.54) is 0 Å². The van der Waals surface area contributed by atoms with Crippen molar-refractivity contribution in [1.82, 2.24) is 14.5 Å². The van der Waals surface area contributed by atoms with E-state index in [9.17, 15) is 0 Å². The lowest BCUT2D eigenvalue weighted by Crippen LogP contribution is -2.05. The Morgan fingerprint density at radius 1 is 1.47 bits per heavy atom. The number of hydrogen-bond donors (Lipinski definition) is 0. The van der Waals surface area contributed by atoms with Crippen LogP contribution in [0.3, 0.4) is 0 Å². The van der Waals surface area contributed by atoms with Gasteiger partial charge in [0.15, 0.2) is 5.65 Å². The fourth-order valence-electron chi connectivity index (χ4n) is 1.72. The van der Waals surface area contributed by atoms with Crippen molar-refractivity contribution >= 4 is 11.2 Å². The van der Waals surface area contributed by atoms with Crippen LogP contribution in [0.5, 0.6) is 0 Å². The molecule has 0 aliphatic carbocycles. The minimum atomic E-state index is 0.698. The van der Waals surface area contributed by atoms with E-state index in [2.05, 4.69) is 21.5 Å². The Balaban J connectivity index is 2.44. The Kier molecular flexibility index (Phi) is 2.97. The maximum Gasteiger partial charge on any atom is 0.159 e. The third-order valence-electron chi connectivity index (χ3n) is 2.43. The van der Waals surface area contributed by atoms with Crippen LogP contribution in [0, 0.1) is 0 Å². The van der Waals surface area contributed by atoms with Gasteiger partial charge in [0.2, 0.25) is 0 Å². The number of nitrogens with zero attached hydrogens (tertiary/aromatic N) is 3. The zero-order chi connectivity index (χ0) is 10.7. The second kappa shape index (κ2) is 4.40. The molecule has 0 atom stereocenters. The number of fused-ring (bicyclic) bond motifs is 1. The Morgan fingerprint density at radius 3 is 3.07 bits per heavy atom. The molecular formula is C11H15N3O. The number of imidazole rings is 1. The minimum Gasteiger partial charge on any atom is -0.384 e. The van der Waals surface area contributed by atoms with E-state index in [0.29, 0.717) is 6.61 Å². The highest BCUT2D eigenvalue weighted by atomic mass is 16.5. The average molecular weight is 205 g/mol. The van der Waals surface area contributed by atoms with Crippen molar-refractivity contribution in [2.75, 3.05) is 13.7 Å². The minimum absolute atomic E-state index is 0.698. The summed E-state index contributed by atoms with van der Waals surface area (Å²) in [5.41, 5.74) is 1.93. The van der Waals surface area contributed by atoms with Gasteiger partial charge < -0.3 is 9.30 Å². The Hall–Kier alpha value is -1.42. The van der Waals surface area contributed by atoms with Crippen molar-refractivity contribution < 1.29 is 4.74 Å². The van der Waals surface area contributed by atoms with Crippen LogP contribution >= 0.6 is 0 Å². The van der Waals surface area contributed by atoms with Gasteiger partial charge in [0.05, 0.1) is 6.61 Å². The van der Waals surface area contributed by atoms with Gasteiger partial charge in [-0.3, -0.25) is 0 Å². The second-order valence-electron chi connectivity index (χ2n) is 3.36. The van der Waals surface area contributed by atoms with Gasteiger partial charge in [-0.25, -0.2) is 9.97 Å². The van der Waals surface area contributed by atoms with E-state index in [-0.39, 0.29) is 0 Å². The molecule has 2 heterocycles. The molecule has 0 N–H and O–H groups in total. The topological polar surface area (TPSA) is 39.9 Å². The molecule has 0 unspecified atom stereocenters. The summed E-state index contributed by atoms with van der Waals surface area (Å²) in [6.45, 7) is 3.70. The van der Waals surface area contributed by atoms with Gasteiger partial charge in [0.1, 0.15) is 11.3 Å². The molecular weight excluding hydrogens is 190 g/mol. The third kappa shape index (κ3) is 1.85. The van der Waals surface area contributed by atoms with E-state index in [4.69, 9.17) is 4.74 Å². The van der Waals surface area contributed by atoms with Gasteiger partial charge >= 0.3 is 0 Å². The van der Waals surface area contributed by atoms with Crippen molar-refractivity contribution in [3.05, 3.63) is 24.2 Å². The van der Waals surface area contributed by atoms with Crippen LogP contribution in [0.4, 0.5) is 0 Å². The zero-order valence-electron chi connectivity index (χ0n) is 9.10. The predicted octanol–water partition coefficient (Wildman–Crippen LogP) is 1.64. The summed E-state index contributed by atoms with van der Waals surface area (Å²) in [6, 6.07) is 3.90. The first-order valence-electron chi connectivity index (χ1n) is 5.16. The number of aromatic nitrogens is 3. The van der Waals surface area contributed by atoms with Gasteiger partial charge in [0.25, 0.3) is 0 Å². The van der Waals surface area contributed by atoms with E-state index in [1.54, 1.807) is 13.3 Å². The van der Waals surface area contributed by atoms with Gasteiger partial charge in [-0.1, -0.05) is 0 Å². The number of rotatable bonds is 4. The SMILES string of the molecule is CCn1c(CCOC)nc2cccnc21. The Morgan fingerprint density at radius 2 is 2.33 bits per heavy atom. The molecule has 0 bridgehead atoms. The quantitative estimate of drug-likeness (QED) is 0.761. The third-order valence-corrected chi connectivity index (χ3v) is 2.43. The fraction of sp³-hybridized carbons (Fsp3) is 0.455. The monoisotopic (exact) mass is 205 g/mol. The predicted molar refractivity (Wildman–Crippen MR) is 58.8 cm³/mol. The summed E-state index contributed by atoms with van der Waals surface area (Å²) in [5, 5.41) is 0. The molecule has 4 heteroatoms. The molecule has 0 saturated carbocycles. The summed E-state index contributed by atoms with van der Waals surface area (Å²) in [4.78, 5) is 8.88. The van der Waals surface area contributed by atoms with Gasteiger partial charge in [0, 0.05) is 26.3 Å². The highest BCUT2D eigenvalue weighted by Crippen LogP contribution is 2.13. The normalized spacial score (nSPS) is 11.1. The molecule has 0 spiro atoms. The summed E-state index contributed by atoms with van der Waals surface area (Å²) in [6.07, 6.45) is 2.64. The first-order chi connectivity index (χ1) is 7.36. The molecule has 15 heavy (non-hydrogen) atoms. The Labute approximate surface area is 88.9 Å². The van der Waals surface area contributed by atoms with E-state index >= 15 is 0 Å². The number of methoxy groups -OCH3 is 1. The maximum absolute atomic E-state index is 5.07. The molecule has 4 nitrogen and oxygen atoms in total. The summed E-state index contributed by atoms with van der Waals surface area (Å²) in [7, 11) is 1.71. The molecule has 0 aromatic carbocycles.